The minimum absolute atomic E-state index is 0.347. The van der Waals surface area contributed by atoms with Crippen molar-refractivity contribution in [3.05, 3.63) is 0 Å². The lowest BCUT2D eigenvalue weighted by molar-refractivity contribution is 0.0183. The summed E-state index contributed by atoms with van der Waals surface area (Å²) >= 11 is 0. The van der Waals surface area contributed by atoms with Crippen molar-refractivity contribution in [3.63, 3.8) is 0 Å². The van der Waals surface area contributed by atoms with Gasteiger partial charge in [0.1, 0.15) is 0 Å². The molecule has 15 heavy (non-hydrogen) atoms. The average molecular weight is 219 g/mol. The lowest BCUT2D eigenvalue weighted by atomic mass is 9.97. The van der Waals surface area contributed by atoms with Gasteiger partial charge in [0.15, 0.2) is 0 Å². The number of rotatable bonds is 9. The number of hydrogen-bond acceptors (Lipinski definition) is 4. The van der Waals surface area contributed by atoms with Crippen LogP contribution in [0.25, 0.3) is 0 Å². The van der Waals surface area contributed by atoms with Crippen LogP contribution in [0.5, 0.6) is 0 Å². The van der Waals surface area contributed by atoms with Crippen molar-refractivity contribution >= 4 is 0 Å². The molecule has 4 heteroatoms. The van der Waals surface area contributed by atoms with Crippen molar-refractivity contribution < 1.29 is 14.9 Å². The highest BCUT2D eigenvalue weighted by molar-refractivity contribution is 4.78. The number of aliphatic hydroxyl groups is 2. The molecule has 0 amide bonds. The Hall–Kier alpha value is -0.160. The Kier molecular flexibility index (Phi) is 7.96. The molecular weight excluding hydrogens is 194 g/mol. The summed E-state index contributed by atoms with van der Waals surface area (Å²) in [5.41, 5.74) is -0.647. The van der Waals surface area contributed by atoms with Crippen LogP contribution in [0.4, 0.5) is 0 Å². The molecule has 0 fully saturated rings. The van der Waals surface area contributed by atoms with Crippen molar-refractivity contribution in [2.24, 2.45) is 0 Å². The van der Waals surface area contributed by atoms with Crippen molar-refractivity contribution in [1.82, 2.24) is 5.32 Å². The molecule has 0 aliphatic heterocycles. The molecule has 1 unspecified atom stereocenters. The number of nitrogens with one attached hydrogen (secondary N) is 1. The molecule has 0 aliphatic carbocycles. The zero-order chi connectivity index (χ0) is 11.7. The second-order valence-corrected chi connectivity index (χ2v) is 3.88. The highest BCUT2D eigenvalue weighted by Crippen LogP contribution is 2.12. The summed E-state index contributed by atoms with van der Waals surface area (Å²) in [6.07, 6.45) is 0.943. The van der Waals surface area contributed by atoms with Gasteiger partial charge in [-0.1, -0.05) is 13.8 Å². The predicted octanol–water partition coefficient (Wildman–Crippen LogP) is 0.524. The van der Waals surface area contributed by atoms with Crippen LogP contribution in [0, 0.1) is 0 Å². The molecule has 4 nitrogen and oxygen atoms in total. The Morgan fingerprint density at radius 2 is 1.87 bits per heavy atom. The van der Waals surface area contributed by atoms with Gasteiger partial charge in [0.05, 0.1) is 18.3 Å². The van der Waals surface area contributed by atoms with Gasteiger partial charge in [-0.05, 0) is 19.8 Å². The van der Waals surface area contributed by atoms with Crippen LogP contribution in [0.3, 0.4) is 0 Å². The maximum Gasteiger partial charge on any atom is 0.0897 e. The van der Waals surface area contributed by atoms with E-state index in [1.165, 1.54) is 0 Å². The van der Waals surface area contributed by atoms with E-state index in [0.29, 0.717) is 26.3 Å². The van der Waals surface area contributed by atoms with Gasteiger partial charge in [0.2, 0.25) is 0 Å². The Morgan fingerprint density at radius 3 is 2.33 bits per heavy atom. The topological polar surface area (TPSA) is 61.7 Å². The number of hydrogen-bond donors (Lipinski definition) is 3. The molecule has 0 aromatic heterocycles. The molecule has 3 N–H and O–H groups in total. The van der Waals surface area contributed by atoms with E-state index in [9.17, 15) is 10.2 Å². The molecule has 0 aliphatic rings. The highest BCUT2D eigenvalue weighted by atomic mass is 16.5. The van der Waals surface area contributed by atoms with Gasteiger partial charge < -0.3 is 20.3 Å². The molecule has 0 rings (SSSR count). The largest absolute Gasteiger partial charge is 0.389 e. The zero-order valence-corrected chi connectivity index (χ0v) is 10.1. The summed E-state index contributed by atoms with van der Waals surface area (Å²) in [5.74, 6) is 0. The highest BCUT2D eigenvalue weighted by Gasteiger charge is 2.21. The van der Waals surface area contributed by atoms with E-state index in [4.69, 9.17) is 4.74 Å². The first-order chi connectivity index (χ1) is 7.08. The molecular formula is C11H25NO3. The smallest absolute Gasteiger partial charge is 0.0897 e. The van der Waals surface area contributed by atoms with Crippen molar-refractivity contribution in [3.8, 4) is 0 Å². The zero-order valence-electron chi connectivity index (χ0n) is 10.1. The van der Waals surface area contributed by atoms with Crippen LogP contribution < -0.4 is 5.32 Å². The first-order valence-corrected chi connectivity index (χ1v) is 5.76. The number of ether oxygens (including phenoxy) is 1. The SMILES string of the molecule is CCOCC(O)CNCC(O)(CC)CC. The first kappa shape index (κ1) is 14.8. The fraction of sp³-hybridized carbons (Fsp3) is 1.00. The third kappa shape index (κ3) is 6.84. The quantitative estimate of drug-likeness (QED) is 0.529. The van der Waals surface area contributed by atoms with E-state index in [1.54, 1.807) is 0 Å². The Balaban J connectivity index is 3.59. The van der Waals surface area contributed by atoms with Crippen LogP contribution in [0.15, 0.2) is 0 Å². The summed E-state index contributed by atoms with van der Waals surface area (Å²) in [7, 11) is 0. The van der Waals surface area contributed by atoms with E-state index >= 15 is 0 Å². The Labute approximate surface area is 92.6 Å². The van der Waals surface area contributed by atoms with Gasteiger partial charge in [-0.3, -0.25) is 0 Å². The van der Waals surface area contributed by atoms with Crippen molar-refractivity contribution in [2.75, 3.05) is 26.3 Å². The number of aliphatic hydroxyl groups excluding tert-OH is 1. The van der Waals surface area contributed by atoms with Gasteiger partial charge in [0, 0.05) is 19.7 Å². The molecule has 0 saturated heterocycles. The molecule has 0 spiro atoms. The van der Waals surface area contributed by atoms with E-state index in [2.05, 4.69) is 5.32 Å². The van der Waals surface area contributed by atoms with E-state index < -0.39 is 11.7 Å². The van der Waals surface area contributed by atoms with Crippen LogP contribution in [-0.4, -0.2) is 48.2 Å². The molecule has 0 bridgehead atoms. The van der Waals surface area contributed by atoms with Gasteiger partial charge in [0.25, 0.3) is 0 Å². The van der Waals surface area contributed by atoms with Crippen LogP contribution in [0.1, 0.15) is 33.6 Å². The van der Waals surface area contributed by atoms with Crippen LogP contribution >= 0.6 is 0 Å². The van der Waals surface area contributed by atoms with Gasteiger partial charge in [-0.25, -0.2) is 0 Å². The summed E-state index contributed by atoms with van der Waals surface area (Å²) in [5, 5.41) is 22.5. The minimum Gasteiger partial charge on any atom is -0.389 e. The average Bonchev–Trinajstić information content (AvgIpc) is 2.26. The fourth-order valence-electron chi connectivity index (χ4n) is 1.28. The second kappa shape index (κ2) is 8.05. The summed E-state index contributed by atoms with van der Waals surface area (Å²) in [6, 6.07) is 0. The molecule has 92 valence electrons. The first-order valence-electron chi connectivity index (χ1n) is 5.76. The predicted molar refractivity (Wildman–Crippen MR) is 60.9 cm³/mol. The van der Waals surface area contributed by atoms with E-state index in [0.717, 1.165) is 12.8 Å². The summed E-state index contributed by atoms with van der Waals surface area (Å²) < 4.78 is 5.08. The summed E-state index contributed by atoms with van der Waals surface area (Å²) in [4.78, 5) is 0. The van der Waals surface area contributed by atoms with Gasteiger partial charge >= 0.3 is 0 Å². The molecule has 0 aromatic rings. The van der Waals surface area contributed by atoms with Crippen molar-refractivity contribution in [2.45, 2.75) is 45.3 Å². The minimum atomic E-state index is -0.647. The lowest BCUT2D eigenvalue weighted by Crippen LogP contribution is -2.42. The molecule has 1 atom stereocenters. The standard InChI is InChI=1S/C11H25NO3/c1-4-11(14,5-2)9-12-7-10(13)8-15-6-3/h10,12-14H,4-9H2,1-3H3. The second-order valence-electron chi connectivity index (χ2n) is 3.88. The third-order valence-electron chi connectivity index (χ3n) is 2.66. The van der Waals surface area contributed by atoms with Crippen molar-refractivity contribution in [1.29, 1.82) is 0 Å². The van der Waals surface area contributed by atoms with Crippen LogP contribution in [-0.2, 0) is 4.74 Å². The summed E-state index contributed by atoms with van der Waals surface area (Å²) in [6.45, 7) is 7.76. The normalized spacial score (nSPS) is 14.2. The molecule has 0 heterocycles. The maximum absolute atomic E-state index is 9.94. The maximum atomic E-state index is 9.94. The fourth-order valence-corrected chi connectivity index (χ4v) is 1.28. The molecule has 0 saturated carbocycles. The van der Waals surface area contributed by atoms with E-state index in [1.807, 2.05) is 20.8 Å². The Morgan fingerprint density at radius 1 is 1.27 bits per heavy atom. The lowest BCUT2D eigenvalue weighted by Gasteiger charge is -2.26. The van der Waals surface area contributed by atoms with Gasteiger partial charge in [-0.2, -0.15) is 0 Å². The third-order valence-corrected chi connectivity index (χ3v) is 2.66. The Bertz CT molecular complexity index is 149. The molecule has 0 radical (unpaired) electrons. The van der Waals surface area contributed by atoms with Crippen LogP contribution in [0.2, 0.25) is 0 Å². The van der Waals surface area contributed by atoms with Gasteiger partial charge in [-0.15, -0.1) is 0 Å². The monoisotopic (exact) mass is 219 g/mol. The molecule has 0 aromatic carbocycles. The van der Waals surface area contributed by atoms with E-state index in [-0.39, 0.29) is 0 Å².